The fraction of sp³-hybridized carbons (Fsp3) is 0.429. The van der Waals surface area contributed by atoms with Crippen LogP contribution in [0, 0.1) is 0 Å². The second-order valence-electron chi connectivity index (χ2n) is 9.97. The van der Waals surface area contributed by atoms with Crippen molar-refractivity contribution in [3.63, 3.8) is 0 Å². The van der Waals surface area contributed by atoms with E-state index in [1.165, 1.54) is 5.56 Å². The number of hydrogen-bond donors (Lipinski definition) is 1. The molecule has 4 aromatic rings. The van der Waals surface area contributed by atoms with Gasteiger partial charge in [0.1, 0.15) is 11.3 Å². The van der Waals surface area contributed by atoms with Crippen molar-refractivity contribution in [2.24, 2.45) is 0 Å². The SMILES string of the molecule is CCN(c1nc(N2CCN(C(C)=O)CC2)nc2c(O)n(C(C)C)cc12)C(C)c1ccc2ncccc2c1. The zero-order chi connectivity index (χ0) is 26.3. The molecule has 9 heteroatoms. The number of aromatic hydroxyl groups is 1. The highest BCUT2D eigenvalue weighted by Gasteiger charge is 2.27. The van der Waals surface area contributed by atoms with E-state index in [9.17, 15) is 9.90 Å². The van der Waals surface area contributed by atoms with Crippen LogP contribution in [0.15, 0.2) is 42.7 Å². The van der Waals surface area contributed by atoms with E-state index in [0.29, 0.717) is 37.6 Å². The van der Waals surface area contributed by atoms with Crippen LogP contribution in [-0.4, -0.2) is 68.2 Å². The summed E-state index contributed by atoms with van der Waals surface area (Å²) in [4.78, 5) is 32.4. The normalized spacial score (nSPS) is 15.1. The molecule has 1 aromatic carbocycles. The highest BCUT2D eigenvalue weighted by molar-refractivity contribution is 5.94. The summed E-state index contributed by atoms with van der Waals surface area (Å²) in [6.45, 7) is 13.3. The molecule has 1 amide bonds. The van der Waals surface area contributed by atoms with E-state index in [0.717, 1.165) is 28.7 Å². The molecule has 0 aliphatic carbocycles. The molecule has 9 nitrogen and oxygen atoms in total. The number of rotatable bonds is 6. The number of aromatic nitrogens is 4. The first kappa shape index (κ1) is 24.8. The lowest BCUT2D eigenvalue weighted by Crippen LogP contribution is -2.48. The maximum atomic E-state index is 11.8. The summed E-state index contributed by atoms with van der Waals surface area (Å²) in [5.74, 6) is 1.61. The van der Waals surface area contributed by atoms with Crippen LogP contribution >= 0.6 is 0 Å². The molecule has 1 aliphatic rings. The number of pyridine rings is 1. The van der Waals surface area contributed by atoms with Gasteiger partial charge in [0.05, 0.1) is 16.9 Å². The third kappa shape index (κ3) is 4.54. The first-order valence-electron chi connectivity index (χ1n) is 13.0. The summed E-state index contributed by atoms with van der Waals surface area (Å²) in [5, 5.41) is 13.1. The average Bonchev–Trinajstić information content (AvgIpc) is 3.25. The number of hydrogen-bond acceptors (Lipinski definition) is 7. The van der Waals surface area contributed by atoms with Crippen LogP contribution < -0.4 is 9.80 Å². The van der Waals surface area contributed by atoms with Gasteiger partial charge in [0, 0.05) is 63.5 Å². The second kappa shape index (κ2) is 9.88. The van der Waals surface area contributed by atoms with Crippen LogP contribution in [0.4, 0.5) is 11.8 Å². The Kier molecular flexibility index (Phi) is 6.62. The van der Waals surface area contributed by atoms with E-state index in [2.05, 4.69) is 52.9 Å². The van der Waals surface area contributed by atoms with Gasteiger partial charge in [-0.15, -0.1) is 0 Å². The third-order valence-corrected chi connectivity index (χ3v) is 7.39. The molecule has 4 heterocycles. The number of amides is 1. The Morgan fingerprint density at radius 2 is 1.86 bits per heavy atom. The van der Waals surface area contributed by atoms with Crippen molar-refractivity contribution in [2.45, 2.75) is 46.7 Å². The average molecular weight is 502 g/mol. The van der Waals surface area contributed by atoms with E-state index >= 15 is 0 Å². The standard InChI is InChI=1S/C28H35N7O2/c1-6-34(19(4)21-9-10-24-22(16-21)8-7-11-29-24)26-23-17-35(18(2)3)27(37)25(23)30-28(31-26)33-14-12-32(13-15-33)20(5)36/h7-11,16-19,37H,6,12-15H2,1-5H3. The van der Waals surface area contributed by atoms with Crippen molar-refractivity contribution in [3.05, 3.63) is 48.3 Å². The molecule has 0 radical (unpaired) electrons. The summed E-state index contributed by atoms with van der Waals surface area (Å²) in [7, 11) is 0. The van der Waals surface area contributed by atoms with Crippen molar-refractivity contribution in [2.75, 3.05) is 42.5 Å². The highest BCUT2D eigenvalue weighted by Crippen LogP contribution is 2.38. The Morgan fingerprint density at radius 1 is 1.11 bits per heavy atom. The summed E-state index contributed by atoms with van der Waals surface area (Å²) in [5.41, 5.74) is 2.69. The minimum Gasteiger partial charge on any atom is -0.493 e. The van der Waals surface area contributed by atoms with Crippen LogP contribution in [0.25, 0.3) is 21.8 Å². The van der Waals surface area contributed by atoms with Crippen molar-refractivity contribution < 1.29 is 9.90 Å². The van der Waals surface area contributed by atoms with Gasteiger partial charge in [0.25, 0.3) is 0 Å². The fourth-order valence-electron chi connectivity index (χ4n) is 5.17. The third-order valence-electron chi connectivity index (χ3n) is 7.39. The number of carbonyl (C=O) groups is 1. The van der Waals surface area contributed by atoms with Gasteiger partial charge in [-0.2, -0.15) is 4.98 Å². The molecule has 37 heavy (non-hydrogen) atoms. The van der Waals surface area contributed by atoms with Gasteiger partial charge < -0.3 is 24.4 Å². The van der Waals surface area contributed by atoms with E-state index in [1.807, 2.05) is 41.8 Å². The lowest BCUT2D eigenvalue weighted by Gasteiger charge is -2.35. The molecule has 1 N–H and O–H groups in total. The largest absolute Gasteiger partial charge is 0.493 e. The Bertz CT molecular complexity index is 1440. The van der Waals surface area contributed by atoms with Gasteiger partial charge in [-0.1, -0.05) is 12.1 Å². The molecule has 3 aromatic heterocycles. The second-order valence-corrected chi connectivity index (χ2v) is 9.97. The minimum absolute atomic E-state index is 0.0275. The van der Waals surface area contributed by atoms with Gasteiger partial charge in [-0.25, -0.2) is 4.98 Å². The van der Waals surface area contributed by atoms with Gasteiger partial charge in [0.15, 0.2) is 0 Å². The van der Waals surface area contributed by atoms with Gasteiger partial charge in [-0.3, -0.25) is 9.78 Å². The molecule has 1 fully saturated rings. The molecule has 0 bridgehead atoms. The Balaban J connectivity index is 1.60. The predicted octanol–water partition coefficient (Wildman–Crippen LogP) is 4.52. The zero-order valence-electron chi connectivity index (χ0n) is 22.2. The van der Waals surface area contributed by atoms with Crippen LogP contribution in [0.2, 0.25) is 0 Å². The number of nitrogens with zero attached hydrogens (tertiary/aromatic N) is 7. The first-order valence-corrected chi connectivity index (χ1v) is 13.0. The van der Waals surface area contributed by atoms with Crippen LogP contribution in [0.5, 0.6) is 5.88 Å². The van der Waals surface area contributed by atoms with E-state index in [4.69, 9.17) is 9.97 Å². The summed E-state index contributed by atoms with van der Waals surface area (Å²) in [6.07, 6.45) is 3.77. The van der Waals surface area contributed by atoms with E-state index < -0.39 is 0 Å². The molecule has 0 spiro atoms. The molecule has 5 rings (SSSR count). The molecule has 1 unspecified atom stereocenters. The van der Waals surface area contributed by atoms with Gasteiger partial charge in [0.2, 0.25) is 17.7 Å². The maximum Gasteiger partial charge on any atom is 0.228 e. The zero-order valence-corrected chi connectivity index (χ0v) is 22.2. The van der Waals surface area contributed by atoms with Gasteiger partial charge in [-0.05, 0) is 51.5 Å². The van der Waals surface area contributed by atoms with E-state index in [-0.39, 0.29) is 23.9 Å². The van der Waals surface area contributed by atoms with Crippen LogP contribution in [0.1, 0.15) is 52.3 Å². The molecule has 194 valence electrons. The smallest absolute Gasteiger partial charge is 0.228 e. The molecular formula is C28H35N7O2. The molecule has 1 aliphatic heterocycles. The Labute approximate surface area is 217 Å². The lowest BCUT2D eigenvalue weighted by molar-refractivity contribution is -0.129. The lowest BCUT2D eigenvalue weighted by atomic mass is 10.0. The number of anilines is 2. The summed E-state index contributed by atoms with van der Waals surface area (Å²) in [6, 6.07) is 10.5. The Morgan fingerprint density at radius 3 is 2.54 bits per heavy atom. The van der Waals surface area contributed by atoms with Crippen molar-refractivity contribution >= 4 is 39.5 Å². The van der Waals surface area contributed by atoms with Crippen molar-refractivity contribution in [1.29, 1.82) is 0 Å². The highest BCUT2D eigenvalue weighted by atomic mass is 16.3. The number of benzene rings is 1. The molecule has 0 saturated carbocycles. The van der Waals surface area contributed by atoms with E-state index in [1.54, 1.807) is 6.92 Å². The number of piperazine rings is 1. The van der Waals surface area contributed by atoms with Crippen LogP contribution in [0.3, 0.4) is 0 Å². The Hall–Kier alpha value is -3.88. The molecule has 1 atom stereocenters. The van der Waals surface area contributed by atoms with Gasteiger partial charge >= 0.3 is 0 Å². The fourth-order valence-corrected chi connectivity index (χ4v) is 5.17. The van der Waals surface area contributed by atoms with Crippen LogP contribution in [-0.2, 0) is 4.79 Å². The molecular weight excluding hydrogens is 466 g/mol. The minimum atomic E-state index is 0.0275. The predicted molar refractivity (Wildman–Crippen MR) is 147 cm³/mol. The first-order chi connectivity index (χ1) is 17.8. The monoisotopic (exact) mass is 501 g/mol. The summed E-state index contributed by atoms with van der Waals surface area (Å²) >= 11 is 0. The van der Waals surface area contributed by atoms with Crippen molar-refractivity contribution in [3.8, 4) is 5.88 Å². The topological polar surface area (TPSA) is 90.6 Å². The maximum absolute atomic E-state index is 11.8. The van der Waals surface area contributed by atoms with Crippen molar-refractivity contribution in [1.82, 2.24) is 24.4 Å². The number of fused-ring (bicyclic) bond motifs is 2. The molecule has 1 saturated heterocycles. The quantitative estimate of drug-likeness (QED) is 0.415. The number of carbonyl (C=O) groups excluding carboxylic acids is 1. The summed E-state index contributed by atoms with van der Waals surface area (Å²) < 4.78 is 1.85.